The molecule has 1 saturated carbocycles. The topological polar surface area (TPSA) is 58.2 Å². The molecule has 3 rings (SSSR count). The summed E-state index contributed by atoms with van der Waals surface area (Å²) in [5, 5.41) is 6.79. The van der Waals surface area contributed by atoms with Crippen LogP contribution in [-0.4, -0.2) is 23.7 Å². The number of rotatable bonds is 4. The van der Waals surface area contributed by atoms with Gasteiger partial charge in [-0.1, -0.05) is 37.1 Å². The van der Waals surface area contributed by atoms with Crippen LogP contribution in [0.5, 0.6) is 0 Å². The Balaban J connectivity index is 0.00000225. The predicted octanol–water partition coefficient (Wildman–Crippen LogP) is 2.63. The Morgan fingerprint density at radius 2 is 1.12 bits per heavy atom. The van der Waals surface area contributed by atoms with Gasteiger partial charge in [-0.15, -0.1) is 0 Å². The fourth-order valence-electron chi connectivity index (χ4n) is 3.12. The molecule has 3 aliphatic rings. The minimum atomic E-state index is 0. The standard InChI is InChI=1S/C20H22N2O2.Cu/c23-19-11-5-1-7-15(19)13-21-17-9-3-4-10-18(17)22-14-16-8-2-6-12-20(16)24;/h1-2,5-8,11-14,17-18,21-22H,3-4,9-10H2;/b15-13-,16-14-;. The van der Waals surface area contributed by atoms with Gasteiger partial charge in [0.1, 0.15) is 0 Å². The number of hydrogen-bond donors (Lipinski definition) is 2. The Bertz CT molecular complexity index is 638. The van der Waals surface area contributed by atoms with E-state index in [-0.39, 0.29) is 40.7 Å². The molecular formula is C20H22CuN2O2. The summed E-state index contributed by atoms with van der Waals surface area (Å²) in [5.74, 6) is 0.0503. The van der Waals surface area contributed by atoms with Crippen molar-refractivity contribution in [3.63, 3.8) is 0 Å². The maximum atomic E-state index is 11.8. The van der Waals surface area contributed by atoms with Gasteiger partial charge in [0, 0.05) is 52.7 Å². The minimum Gasteiger partial charge on any atom is -0.386 e. The Labute approximate surface area is 159 Å². The van der Waals surface area contributed by atoms with Gasteiger partial charge >= 0.3 is 0 Å². The molecule has 0 aromatic carbocycles. The van der Waals surface area contributed by atoms with Crippen molar-refractivity contribution in [1.82, 2.24) is 10.6 Å². The van der Waals surface area contributed by atoms with Gasteiger partial charge in [0.25, 0.3) is 0 Å². The van der Waals surface area contributed by atoms with Crippen LogP contribution < -0.4 is 10.6 Å². The second-order valence-corrected chi connectivity index (χ2v) is 6.20. The van der Waals surface area contributed by atoms with Crippen molar-refractivity contribution in [2.75, 3.05) is 0 Å². The molecule has 0 bridgehead atoms. The van der Waals surface area contributed by atoms with Crippen LogP contribution in [0.4, 0.5) is 0 Å². The van der Waals surface area contributed by atoms with E-state index in [0.29, 0.717) is 11.1 Å². The van der Waals surface area contributed by atoms with Crippen LogP contribution in [0.3, 0.4) is 0 Å². The van der Waals surface area contributed by atoms with Gasteiger partial charge in [0.15, 0.2) is 11.6 Å². The van der Waals surface area contributed by atoms with Crippen LogP contribution >= 0.6 is 0 Å². The molecule has 0 spiro atoms. The number of carbonyl (C=O) groups is 2. The average molecular weight is 386 g/mol. The summed E-state index contributed by atoms with van der Waals surface area (Å²) in [4.78, 5) is 23.6. The summed E-state index contributed by atoms with van der Waals surface area (Å²) < 4.78 is 0. The van der Waals surface area contributed by atoms with E-state index in [2.05, 4.69) is 10.6 Å². The molecule has 3 aliphatic carbocycles. The van der Waals surface area contributed by atoms with Crippen molar-refractivity contribution < 1.29 is 26.7 Å². The summed E-state index contributed by atoms with van der Waals surface area (Å²) in [6.07, 6.45) is 22.1. The fraction of sp³-hybridized carbons (Fsp3) is 0.300. The molecule has 4 nitrogen and oxygen atoms in total. The van der Waals surface area contributed by atoms with Gasteiger partial charge in [-0.25, -0.2) is 0 Å². The Morgan fingerprint density at radius 3 is 1.52 bits per heavy atom. The summed E-state index contributed by atoms with van der Waals surface area (Å²) >= 11 is 0. The zero-order valence-electron chi connectivity index (χ0n) is 13.9. The first-order chi connectivity index (χ1) is 11.7. The number of allylic oxidation sites excluding steroid dienone is 10. The minimum absolute atomic E-state index is 0. The van der Waals surface area contributed by atoms with Crippen LogP contribution in [0.1, 0.15) is 25.7 Å². The van der Waals surface area contributed by atoms with E-state index >= 15 is 0 Å². The maximum Gasteiger partial charge on any atom is 0.187 e. The van der Waals surface area contributed by atoms with E-state index in [9.17, 15) is 9.59 Å². The van der Waals surface area contributed by atoms with Gasteiger partial charge in [0.05, 0.1) is 0 Å². The number of carbonyl (C=O) groups excluding carboxylic acids is 2. The molecule has 0 amide bonds. The maximum absolute atomic E-state index is 11.8. The first kappa shape index (κ1) is 19.2. The van der Waals surface area contributed by atoms with E-state index in [4.69, 9.17) is 0 Å². The Hall–Kier alpha value is -2.10. The molecule has 1 fully saturated rings. The van der Waals surface area contributed by atoms with Crippen LogP contribution in [0.15, 0.2) is 72.2 Å². The molecule has 1 radical (unpaired) electrons. The Kier molecular flexibility index (Phi) is 7.23. The average Bonchev–Trinajstić information content (AvgIpc) is 2.61. The van der Waals surface area contributed by atoms with Crippen molar-refractivity contribution in [1.29, 1.82) is 0 Å². The molecule has 0 heterocycles. The monoisotopic (exact) mass is 385 g/mol. The largest absolute Gasteiger partial charge is 0.386 e. The van der Waals surface area contributed by atoms with Gasteiger partial charge in [0.2, 0.25) is 0 Å². The third-order valence-electron chi connectivity index (χ3n) is 4.51. The van der Waals surface area contributed by atoms with Gasteiger partial charge < -0.3 is 10.6 Å². The van der Waals surface area contributed by atoms with Gasteiger partial charge in [-0.3, -0.25) is 9.59 Å². The Morgan fingerprint density at radius 1 is 0.720 bits per heavy atom. The molecule has 2 unspecified atom stereocenters. The predicted molar refractivity (Wildman–Crippen MR) is 95.1 cm³/mol. The van der Waals surface area contributed by atoms with E-state index in [1.807, 2.05) is 36.7 Å². The van der Waals surface area contributed by atoms with E-state index in [1.165, 1.54) is 12.8 Å². The third kappa shape index (κ3) is 5.18. The van der Waals surface area contributed by atoms with E-state index in [1.54, 1.807) is 24.3 Å². The van der Waals surface area contributed by atoms with Crippen molar-refractivity contribution in [2.24, 2.45) is 0 Å². The molecule has 0 aliphatic heterocycles. The van der Waals surface area contributed by atoms with Crippen LogP contribution in [0.25, 0.3) is 0 Å². The van der Waals surface area contributed by atoms with Crippen LogP contribution in [-0.2, 0) is 26.7 Å². The molecule has 0 saturated heterocycles. The van der Waals surface area contributed by atoms with Gasteiger partial charge in [-0.2, -0.15) is 0 Å². The third-order valence-corrected chi connectivity index (χ3v) is 4.51. The first-order valence-electron chi connectivity index (χ1n) is 8.44. The normalized spacial score (nSPS) is 28.3. The molecule has 2 N–H and O–H groups in total. The zero-order valence-corrected chi connectivity index (χ0v) is 14.8. The smallest absolute Gasteiger partial charge is 0.187 e. The molecule has 5 heteroatoms. The zero-order chi connectivity index (χ0) is 16.8. The van der Waals surface area contributed by atoms with Crippen molar-refractivity contribution in [2.45, 2.75) is 37.8 Å². The number of ketones is 2. The second kappa shape index (κ2) is 9.40. The second-order valence-electron chi connectivity index (χ2n) is 6.20. The first-order valence-corrected chi connectivity index (χ1v) is 8.44. The van der Waals surface area contributed by atoms with Crippen LogP contribution in [0, 0.1) is 0 Å². The summed E-state index contributed by atoms with van der Waals surface area (Å²) in [6, 6.07) is 0.488. The van der Waals surface area contributed by atoms with Crippen molar-refractivity contribution in [3.8, 4) is 0 Å². The van der Waals surface area contributed by atoms with Crippen LogP contribution in [0.2, 0.25) is 0 Å². The summed E-state index contributed by atoms with van der Waals surface area (Å²) in [5.41, 5.74) is 1.35. The van der Waals surface area contributed by atoms with Crippen molar-refractivity contribution >= 4 is 11.6 Å². The van der Waals surface area contributed by atoms with E-state index in [0.717, 1.165) is 12.8 Å². The molecular weight excluding hydrogens is 364 g/mol. The van der Waals surface area contributed by atoms with Gasteiger partial charge in [-0.05, 0) is 37.1 Å². The SMILES string of the molecule is O=C1C=CC=C/C1=C/NC1CCCCC1N/C=C1/C=CC=CC1=O.[Cu]. The molecule has 2 atom stereocenters. The molecule has 0 aromatic rings. The molecule has 25 heavy (non-hydrogen) atoms. The summed E-state index contributed by atoms with van der Waals surface area (Å²) in [6.45, 7) is 0. The molecule has 0 aromatic heterocycles. The number of nitrogens with one attached hydrogen (secondary N) is 2. The number of hydrogen-bond acceptors (Lipinski definition) is 4. The quantitative estimate of drug-likeness (QED) is 0.577. The van der Waals surface area contributed by atoms with Crippen molar-refractivity contribution in [3.05, 3.63) is 72.2 Å². The molecule has 135 valence electrons. The summed E-state index contributed by atoms with van der Waals surface area (Å²) in [7, 11) is 0. The van der Waals surface area contributed by atoms with E-state index < -0.39 is 0 Å². The fourth-order valence-corrected chi connectivity index (χ4v) is 3.12.